The van der Waals surface area contributed by atoms with Crippen LogP contribution < -0.4 is 21.8 Å². The fourth-order valence-electron chi connectivity index (χ4n) is 2.99. The summed E-state index contributed by atoms with van der Waals surface area (Å²) in [6.45, 7) is 0. The van der Waals surface area contributed by atoms with Crippen molar-refractivity contribution in [1.82, 2.24) is 19.9 Å². The van der Waals surface area contributed by atoms with E-state index >= 15 is 0 Å². The number of para-hydroxylation sites is 2. The van der Waals surface area contributed by atoms with Gasteiger partial charge in [-0.3, -0.25) is 9.59 Å². The maximum atomic E-state index is 12.6. The lowest BCUT2D eigenvalue weighted by Gasteiger charge is -2.11. The second kappa shape index (κ2) is 9.60. The maximum absolute atomic E-state index is 12.6. The first-order valence-corrected chi connectivity index (χ1v) is 10.5. The molecule has 0 saturated heterocycles. The number of aromatic amines is 2. The number of H-pyrrole nitrogens is 2. The van der Waals surface area contributed by atoms with Crippen LogP contribution in [0.3, 0.4) is 0 Å². The molecule has 2 heterocycles. The van der Waals surface area contributed by atoms with Crippen LogP contribution in [0.25, 0.3) is 11.6 Å². The largest absolute Gasteiger partial charge is 0.493 e. The van der Waals surface area contributed by atoms with Gasteiger partial charge in [0.05, 0.1) is 0 Å². The van der Waals surface area contributed by atoms with Gasteiger partial charge >= 0.3 is 0 Å². The van der Waals surface area contributed by atoms with Crippen molar-refractivity contribution >= 4 is 45.8 Å². The molecule has 0 radical (unpaired) electrons. The second-order valence-electron chi connectivity index (χ2n) is 6.87. The van der Waals surface area contributed by atoms with Crippen LogP contribution in [-0.2, 0) is 0 Å². The average molecular weight is 493 g/mol. The Morgan fingerprint density at radius 3 is 1.35 bits per heavy atom. The number of hydrogen-bond acceptors (Lipinski definition) is 8. The monoisotopic (exact) mass is 492 g/mol. The number of thiocarbonyl (C=S) groups is 2. The predicted octanol–water partition coefficient (Wildman–Crippen LogP) is 2.51. The quantitative estimate of drug-likeness (QED) is 0.229. The number of hydrogen-bond donors (Lipinski definition) is 6. The summed E-state index contributed by atoms with van der Waals surface area (Å²) in [5.41, 5.74) is -0.853. The standard InChI is InChI=1S/C22H16N6O4S2/c29-17-13(21(33)23-11-7-3-1-4-8-11)18(30)26-15(25-17)16-27-19(31)14(20(32)28-16)22(34)24-12-9-5-2-6-10-12/h1-10H,(H,23,33)(H,24,34)(H2,25,26,29,30)(H2,27,28,31,32). The SMILES string of the molecule is O=c1[nH]c(-c2nc(O)c(C(=S)Nc3ccccc3)c(=O)[nH]2)nc(O)c1C(=S)Nc1ccccc1. The van der Waals surface area contributed by atoms with Crippen LogP contribution in [0.5, 0.6) is 11.8 Å². The van der Waals surface area contributed by atoms with E-state index in [0.29, 0.717) is 11.4 Å². The molecule has 4 rings (SSSR count). The number of anilines is 2. The molecule has 0 unspecified atom stereocenters. The highest BCUT2D eigenvalue weighted by atomic mass is 32.1. The van der Waals surface area contributed by atoms with E-state index in [2.05, 4.69) is 30.6 Å². The topological polar surface area (TPSA) is 156 Å². The van der Waals surface area contributed by atoms with Gasteiger partial charge in [0.1, 0.15) is 21.1 Å². The number of aromatic nitrogens is 4. The lowest BCUT2D eigenvalue weighted by Crippen LogP contribution is -2.26. The first-order chi connectivity index (χ1) is 16.3. The van der Waals surface area contributed by atoms with Gasteiger partial charge < -0.3 is 30.8 Å². The summed E-state index contributed by atoms with van der Waals surface area (Å²) in [5, 5.41) is 26.4. The minimum absolute atomic E-state index is 0.0546. The van der Waals surface area contributed by atoms with Gasteiger partial charge in [0.15, 0.2) is 11.6 Å². The molecule has 12 heteroatoms. The molecule has 0 amide bonds. The van der Waals surface area contributed by atoms with Crippen LogP contribution in [0, 0.1) is 0 Å². The Bertz CT molecular complexity index is 1390. The molecule has 170 valence electrons. The molecule has 0 aliphatic rings. The van der Waals surface area contributed by atoms with Gasteiger partial charge in [-0.25, -0.2) is 0 Å². The van der Waals surface area contributed by atoms with Crippen LogP contribution in [-0.4, -0.2) is 40.1 Å². The molecule has 0 aliphatic carbocycles. The van der Waals surface area contributed by atoms with Crippen molar-refractivity contribution in [2.75, 3.05) is 10.6 Å². The highest BCUT2D eigenvalue weighted by Crippen LogP contribution is 2.19. The van der Waals surface area contributed by atoms with Crippen molar-refractivity contribution < 1.29 is 10.2 Å². The lowest BCUT2D eigenvalue weighted by molar-refractivity contribution is 0.446. The number of nitrogens with one attached hydrogen (secondary N) is 4. The highest BCUT2D eigenvalue weighted by molar-refractivity contribution is 7.81. The fraction of sp³-hybridized carbons (Fsp3) is 0. The first-order valence-electron chi connectivity index (χ1n) is 9.73. The summed E-state index contributed by atoms with van der Waals surface area (Å²) in [6.07, 6.45) is 0. The smallest absolute Gasteiger partial charge is 0.265 e. The minimum atomic E-state index is -0.775. The van der Waals surface area contributed by atoms with Crippen molar-refractivity contribution in [3.63, 3.8) is 0 Å². The van der Waals surface area contributed by atoms with Gasteiger partial charge in [-0.1, -0.05) is 60.8 Å². The molecule has 0 atom stereocenters. The molecule has 6 N–H and O–H groups in total. The summed E-state index contributed by atoms with van der Waals surface area (Å²) in [4.78, 5) is 37.7. The van der Waals surface area contributed by atoms with Crippen molar-refractivity contribution in [2.24, 2.45) is 0 Å². The van der Waals surface area contributed by atoms with Crippen LogP contribution in [0.2, 0.25) is 0 Å². The summed E-state index contributed by atoms with van der Waals surface area (Å²) >= 11 is 10.4. The number of rotatable bonds is 5. The van der Waals surface area contributed by atoms with Gasteiger partial charge in [-0.2, -0.15) is 9.97 Å². The van der Waals surface area contributed by atoms with Gasteiger partial charge in [-0.15, -0.1) is 0 Å². The lowest BCUT2D eigenvalue weighted by atomic mass is 10.2. The van der Waals surface area contributed by atoms with E-state index in [4.69, 9.17) is 24.4 Å². The van der Waals surface area contributed by atoms with Crippen molar-refractivity contribution in [3.8, 4) is 23.4 Å². The average Bonchev–Trinajstić information content (AvgIpc) is 2.79. The van der Waals surface area contributed by atoms with Gasteiger partial charge in [0.25, 0.3) is 11.1 Å². The summed E-state index contributed by atoms with van der Waals surface area (Å²) in [5.74, 6) is -1.93. The molecular weight excluding hydrogens is 476 g/mol. The van der Waals surface area contributed by atoms with Gasteiger partial charge in [0, 0.05) is 11.4 Å². The minimum Gasteiger partial charge on any atom is -0.493 e. The molecule has 0 aliphatic heterocycles. The molecule has 0 fully saturated rings. The number of aromatic hydroxyl groups is 2. The summed E-state index contributed by atoms with van der Waals surface area (Å²) in [6, 6.07) is 17.6. The van der Waals surface area contributed by atoms with Crippen molar-refractivity contribution in [2.45, 2.75) is 0 Å². The normalized spacial score (nSPS) is 10.5. The third-order valence-electron chi connectivity index (χ3n) is 4.54. The molecule has 0 saturated carbocycles. The fourth-order valence-corrected chi connectivity index (χ4v) is 3.59. The van der Waals surface area contributed by atoms with E-state index in [0.717, 1.165) is 0 Å². The maximum Gasteiger partial charge on any atom is 0.265 e. The predicted molar refractivity (Wildman–Crippen MR) is 136 cm³/mol. The van der Waals surface area contributed by atoms with E-state index in [1.807, 2.05) is 12.1 Å². The number of benzene rings is 2. The summed E-state index contributed by atoms with van der Waals surface area (Å²) < 4.78 is 0. The highest BCUT2D eigenvalue weighted by Gasteiger charge is 2.21. The zero-order chi connectivity index (χ0) is 24.2. The molecule has 4 aromatic rings. The Kier molecular flexibility index (Phi) is 6.43. The first kappa shape index (κ1) is 22.8. The van der Waals surface area contributed by atoms with Crippen LogP contribution in [0.4, 0.5) is 11.4 Å². The molecule has 10 nitrogen and oxygen atoms in total. The van der Waals surface area contributed by atoms with E-state index in [1.165, 1.54) is 0 Å². The second-order valence-corrected chi connectivity index (χ2v) is 7.68. The van der Waals surface area contributed by atoms with E-state index in [9.17, 15) is 19.8 Å². The Hall–Kier alpha value is -4.42. The van der Waals surface area contributed by atoms with Crippen molar-refractivity contribution in [1.29, 1.82) is 0 Å². The van der Waals surface area contributed by atoms with Crippen LogP contribution in [0.1, 0.15) is 11.1 Å². The summed E-state index contributed by atoms with van der Waals surface area (Å²) in [7, 11) is 0. The molecule has 0 bridgehead atoms. The van der Waals surface area contributed by atoms with Crippen molar-refractivity contribution in [3.05, 3.63) is 92.5 Å². The molecule has 2 aromatic heterocycles. The van der Waals surface area contributed by atoms with E-state index in [1.54, 1.807) is 48.5 Å². The Labute approximate surface area is 202 Å². The zero-order valence-corrected chi connectivity index (χ0v) is 18.8. The molecule has 34 heavy (non-hydrogen) atoms. The molecule has 2 aromatic carbocycles. The molecule has 0 spiro atoms. The Morgan fingerprint density at radius 1 is 0.676 bits per heavy atom. The van der Waals surface area contributed by atoms with Crippen LogP contribution >= 0.6 is 24.4 Å². The Morgan fingerprint density at radius 2 is 1.03 bits per heavy atom. The third kappa shape index (κ3) is 4.82. The third-order valence-corrected chi connectivity index (χ3v) is 5.15. The Balaban J connectivity index is 1.63. The van der Waals surface area contributed by atoms with E-state index in [-0.39, 0.29) is 32.8 Å². The zero-order valence-electron chi connectivity index (χ0n) is 17.2. The van der Waals surface area contributed by atoms with E-state index < -0.39 is 22.9 Å². The van der Waals surface area contributed by atoms with Gasteiger partial charge in [0.2, 0.25) is 11.8 Å². The molecular formula is C22H16N6O4S2. The van der Waals surface area contributed by atoms with Gasteiger partial charge in [-0.05, 0) is 24.3 Å². The number of nitrogens with zero attached hydrogens (tertiary/aromatic N) is 2. The van der Waals surface area contributed by atoms with Crippen LogP contribution in [0.15, 0.2) is 70.3 Å².